The second-order valence-corrected chi connectivity index (χ2v) is 5.45. The summed E-state index contributed by atoms with van der Waals surface area (Å²) in [7, 11) is 2.96. The van der Waals surface area contributed by atoms with Crippen molar-refractivity contribution in [3.63, 3.8) is 0 Å². The van der Waals surface area contributed by atoms with Crippen LogP contribution in [0, 0.1) is 11.3 Å². The van der Waals surface area contributed by atoms with Gasteiger partial charge in [0.05, 0.1) is 26.4 Å². The first-order chi connectivity index (χ1) is 13.5. The maximum atomic E-state index is 12.5. The highest BCUT2D eigenvalue weighted by Gasteiger charge is 2.13. The fourth-order valence-electron chi connectivity index (χ4n) is 2.27. The van der Waals surface area contributed by atoms with Crippen molar-refractivity contribution >= 4 is 18.0 Å². The van der Waals surface area contributed by atoms with Gasteiger partial charge in [-0.2, -0.15) is 5.26 Å². The summed E-state index contributed by atoms with van der Waals surface area (Å²) in [6.07, 6.45) is 1.36. The van der Waals surface area contributed by atoms with E-state index in [0.717, 1.165) is 0 Å². The summed E-state index contributed by atoms with van der Waals surface area (Å²) in [6, 6.07) is 12.9. The minimum absolute atomic E-state index is 0.150. The molecule has 2 aromatic rings. The summed E-state index contributed by atoms with van der Waals surface area (Å²) in [5, 5.41) is 9.12. The number of carbonyl (C=O) groups excluding carboxylic acids is 2. The van der Waals surface area contributed by atoms with E-state index in [1.165, 1.54) is 38.5 Å². The summed E-state index contributed by atoms with van der Waals surface area (Å²) in [6.45, 7) is 1.82. The van der Waals surface area contributed by atoms with Crippen molar-refractivity contribution in [2.45, 2.75) is 6.92 Å². The molecule has 7 nitrogen and oxygen atoms in total. The van der Waals surface area contributed by atoms with Crippen LogP contribution in [0.25, 0.3) is 6.08 Å². The molecule has 0 atom stereocenters. The molecule has 0 saturated carbocycles. The molecule has 0 aliphatic carbocycles. The summed E-state index contributed by atoms with van der Waals surface area (Å²) in [4.78, 5) is 24.2. The fraction of sp³-hybridized carbons (Fsp3) is 0.190. The van der Waals surface area contributed by atoms with Gasteiger partial charge >= 0.3 is 11.9 Å². The maximum absolute atomic E-state index is 12.5. The number of benzene rings is 2. The lowest BCUT2D eigenvalue weighted by molar-refractivity contribution is -0.137. The second-order valence-electron chi connectivity index (χ2n) is 5.45. The topological polar surface area (TPSA) is 94.9 Å². The van der Waals surface area contributed by atoms with Crippen LogP contribution in [0.5, 0.6) is 17.2 Å². The number of methoxy groups -OCH3 is 2. The van der Waals surface area contributed by atoms with E-state index in [1.807, 2.05) is 0 Å². The average molecular weight is 381 g/mol. The predicted molar refractivity (Wildman–Crippen MR) is 101 cm³/mol. The Balaban J connectivity index is 2.24. The smallest absolute Gasteiger partial charge is 0.348 e. The summed E-state index contributed by atoms with van der Waals surface area (Å²) >= 11 is 0. The molecular formula is C21H19NO6. The zero-order valence-corrected chi connectivity index (χ0v) is 15.7. The zero-order valence-electron chi connectivity index (χ0n) is 15.7. The first kappa shape index (κ1) is 20.5. The van der Waals surface area contributed by atoms with Crippen LogP contribution in [0.15, 0.2) is 48.0 Å². The third kappa shape index (κ3) is 5.35. The number of nitrogens with zero attached hydrogens (tertiary/aromatic N) is 1. The van der Waals surface area contributed by atoms with Gasteiger partial charge in [-0.05, 0) is 42.8 Å². The van der Waals surface area contributed by atoms with Gasteiger partial charge in [0.15, 0.2) is 0 Å². The molecule has 0 aromatic heterocycles. The molecule has 0 saturated heterocycles. The lowest BCUT2D eigenvalue weighted by Gasteiger charge is -2.09. The van der Waals surface area contributed by atoms with E-state index in [4.69, 9.17) is 24.2 Å². The Bertz CT molecular complexity index is 920. The highest BCUT2D eigenvalue weighted by molar-refractivity contribution is 5.98. The van der Waals surface area contributed by atoms with Crippen molar-refractivity contribution in [1.29, 1.82) is 5.26 Å². The third-order valence-corrected chi connectivity index (χ3v) is 3.58. The van der Waals surface area contributed by atoms with E-state index in [0.29, 0.717) is 17.1 Å². The molecule has 2 aromatic carbocycles. The molecule has 0 radical (unpaired) electrons. The van der Waals surface area contributed by atoms with E-state index in [-0.39, 0.29) is 23.5 Å². The average Bonchev–Trinajstić information content (AvgIpc) is 2.71. The molecule has 0 aliphatic heterocycles. The number of esters is 2. The van der Waals surface area contributed by atoms with Crippen molar-refractivity contribution in [3.8, 4) is 23.3 Å². The molecule has 7 heteroatoms. The van der Waals surface area contributed by atoms with Crippen molar-refractivity contribution in [2.75, 3.05) is 20.8 Å². The van der Waals surface area contributed by atoms with Crippen molar-refractivity contribution < 1.29 is 28.5 Å². The van der Waals surface area contributed by atoms with Crippen LogP contribution in [0.3, 0.4) is 0 Å². The van der Waals surface area contributed by atoms with Crippen LogP contribution in [-0.2, 0) is 9.53 Å². The standard InChI is InChI=1S/C21H19NO6/c1-4-27-20(23)16(13-22)8-14-6-5-7-17(9-14)28-21(24)15-10-18(25-2)12-19(11-15)26-3/h5-12H,4H2,1-3H3/b16-8+. The number of hydrogen-bond donors (Lipinski definition) is 0. The summed E-state index contributed by atoms with van der Waals surface area (Å²) < 4.78 is 20.5. The lowest BCUT2D eigenvalue weighted by atomic mass is 10.1. The maximum Gasteiger partial charge on any atom is 0.348 e. The number of ether oxygens (including phenoxy) is 4. The predicted octanol–water partition coefficient (Wildman–Crippen LogP) is 3.39. The molecule has 0 bridgehead atoms. The van der Waals surface area contributed by atoms with Crippen molar-refractivity contribution in [3.05, 3.63) is 59.2 Å². The van der Waals surface area contributed by atoms with Crippen LogP contribution in [0.2, 0.25) is 0 Å². The second kappa shape index (κ2) is 9.78. The Morgan fingerprint density at radius 3 is 2.29 bits per heavy atom. The Kier molecular flexibility index (Phi) is 7.17. The highest BCUT2D eigenvalue weighted by atomic mass is 16.5. The number of carbonyl (C=O) groups is 2. The van der Waals surface area contributed by atoms with Gasteiger partial charge in [-0.25, -0.2) is 9.59 Å². The van der Waals surface area contributed by atoms with Gasteiger partial charge in [0, 0.05) is 6.07 Å². The molecule has 0 N–H and O–H groups in total. The number of rotatable bonds is 7. The molecular weight excluding hydrogens is 362 g/mol. The van der Waals surface area contributed by atoms with E-state index < -0.39 is 11.9 Å². The Morgan fingerprint density at radius 2 is 1.71 bits per heavy atom. The molecule has 2 rings (SSSR count). The normalized spacial score (nSPS) is 10.6. The fourth-order valence-corrected chi connectivity index (χ4v) is 2.27. The quantitative estimate of drug-likeness (QED) is 0.314. The summed E-state index contributed by atoms with van der Waals surface area (Å²) in [5.41, 5.74) is 0.613. The minimum Gasteiger partial charge on any atom is -0.497 e. The van der Waals surface area contributed by atoms with Crippen molar-refractivity contribution in [1.82, 2.24) is 0 Å². The van der Waals surface area contributed by atoms with E-state index in [1.54, 1.807) is 37.3 Å². The Labute approximate surface area is 162 Å². The largest absolute Gasteiger partial charge is 0.497 e. The molecule has 0 unspecified atom stereocenters. The summed E-state index contributed by atoms with van der Waals surface area (Å²) in [5.74, 6) is -0.158. The first-order valence-corrected chi connectivity index (χ1v) is 8.35. The van der Waals surface area contributed by atoms with Gasteiger partial charge in [-0.15, -0.1) is 0 Å². The Hall–Kier alpha value is -3.79. The number of nitriles is 1. The van der Waals surface area contributed by atoms with Crippen LogP contribution < -0.4 is 14.2 Å². The van der Waals surface area contributed by atoms with E-state index >= 15 is 0 Å². The third-order valence-electron chi connectivity index (χ3n) is 3.58. The van der Waals surface area contributed by atoms with E-state index in [9.17, 15) is 9.59 Å². The van der Waals surface area contributed by atoms with Gasteiger partial charge in [0.2, 0.25) is 0 Å². The molecule has 0 heterocycles. The van der Waals surface area contributed by atoms with Crippen LogP contribution in [0.1, 0.15) is 22.8 Å². The number of hydrogen-bond acceptors (Lipinski definition) is 7. The van der Waals surface area contributed by atoms with E-state index in [2.05, 4.69) is 0 Å². The molecule has 28 heavy (non-hydrogen) atoms. The van der Waals surface area contributed by atoms with Crippen molar-refractivity contribution in [2.24, 2.45) is 0 Å². The molecule has 0 fully saturated rings. The van der Waals surface area contributed by atoms with Gasteiger partial charge in [0.25, 0.3) is 0 Å². The lowest BCUT2D eigenvalue weighted by Crippen LogP contribution is -2.09. The van der Waals surface area contributed by atoms with Gasteiger partial charge < -0.3 is 18.9 Å². The van der Waals surface area contributed by atoms with Crippen LogP contribution >= 0.6 is 0 Å². The highest BCUT2D eigenvalue weighted by Crippen LogP contribution is 2.24. The van der Waals surface area contributed by atoms with Gasteiger partial charge in [0.1, 0.15) is 28.9 Å². The van der Waals surface area contributed by atoms with Gasteiger partial charge in [-0.3, -0.25) is 0 Å². The molecule has 0 amide bonds. The SMILES string of the molecule is CCOC(=O)/C(C#N)=C/c1cccc(OC(=O)c2cc(OC)cc(OC)c2)c1. The van der Waals surface area contributed by atoms with Crippen LogP contribution in [0.4, 0.5) is 0 Å². The molecule has 0 aliphatic rings. The molecule has 0 spiro atoms. The monoisotopic (exact) mass is 381 g/mol. The van der Waals surface area contributed by atoms with Crippen LogP contribution in [-0.4, -0.2) is 32.8 Å². The first-order valence-electron chi connectivity index (χ1n) is 8.35. The minimum atomic E-state index is -0.712. The Morgan fingerprint density at radius 1 is 1.04 bits per heavy atom. The zero-order chi connectivity index (χ0) is 20.5. The molecule has 144 valence electrons. The van der Waals surface area contributed by atoms with Gasteiger partial charge in [-0.1, -0.05) is 12.1 Å².